The number of hydrogen-bond donors (Lipinski definition) is 0. The first-order valence-corrected chi connectivity index (χ1v) is 5.91. The summed E-state index contributed by atoms with van der Waals surface area (Å²) in [4.78, 5) is 0. The molecule has 90 valence electrons. The molecule has 0 spiro atoms. The van der Waals surface area contributed by atoms with Crippen LogP contribution in [0.5, 0.6) is 0 Å². The molecule has 16 heavy (non-hydrogen) atoms. The minimum atomic E-state index is -0.259. The number of quaternary nitrogens is 1. The van der Waals surface area contributed by atoms with Crippen molar-refractivity contribution in [3.63, 3.8) is 0 Å². The zero-order valence-electron chi connectivity index (χ0n) is 10.8. The van der Waals surface area contributed by atoms with Gasteiger partial charge in [0.2, 0.25) is 0 Å². The largest absolute Gasteiger partial charge is 0.327 e. The summed E-state index contributed by atoms with van der Waals surface area (Å²) in [5, 5.41) is 0. The highest BCUT2D eigenvalue weighted by molar-refractivity contribution is 5.25. The second kappa shape index (κ2) is 5.44. The zero-order chi connectivity index (χ0) is 12.2. The van der Waals surface area contributed by atoms with E-state index in [0.717, 1.165) is 23.0 Å². The van der Waals surface area contributed by atoms with Crippen molar-refractivity contribution in [1.82, 2.24) is 0 Å². The molecule has 0 N–H and O–H groups in total. The molecule has 0 bridgehead atoms. The van der Waals surface area contributed by atoms with Crippen LogP contribution in [0.3, 0.4) is 0 Å². The Bertz CT molecular complexity index is 307. The van der Waals surface area contributed by atoms with Crippen molar-refractivity contribution in [2.75, 3.05) is 27.8 Å². The van der Waals surface area contributed by atoms with Gasteiger partial charge in [-0.3, -0.25) is 4.39 Å². The van der Waals surface area contributed by atoms with Gasteiger partial charge in [0.05, 0.1) is 27.8 Å². The van der Waals surface area contributed by atoms with Gasteiger partial charge in [0.25, 0.3) is 0 Å². The molecule has 1 atom stereocenters. The van der Waals surface area contributed by atoms with Gasteiger partial charge < -0.3 is 4.48 Å². The van der Waals surface area contributed by atoms with Gasteiger partial charge in [-0.2, -0.15) is 0 Å². The number of hydrogen-bond acceptors (Lipinski definition) is 0. The lowest BCUT2D eigenvalue weighted by molar-refractivity contribution is -0.884. The maximum Gasteiger partial charge on any atom is 0.104 e. The van der Waals surface area contributed by atoms with E-state index in [-0.39, 0.29) is 12.6 Å². The second-order valence-corrected chi connectivity index (χ2v) is 5.45. The zero-order valence-corrected chi connectivity index (χ0v) is 10.8. The van der Waals surface area contributed by atoms with Crippen molar-refractivity contribution in [1.29, 1.82) is 0 Å². The maximum absolute atomic E-state index is 12.7. The molecule has 0 aliphatic rings. The van der Waals surface area contributed by atoms with Crippen molar-refractivity contribution < 1.29 is 8.87 Å². The Hall–Kier alpha value is -0.890. The van der Waals surface area contributed by atoms with Crippen molar-refractivity contribution >= 4 is 0 Å². The summed E-state index contributed by atoms with van der Waals surface area (Å²) in [6, 6.07) is 8.38. The summed E-state index contributed by atoms with van der Waals surface area (Å²) in [5.74, 6) is 0.0678. The highest BCUT2D eigenvalue weighted by Gasteiger charge is 2.11. The number of alkyl halides is 1. The van der Waals surface area contributed by atoms with Crippen LogP contribution in [0.2, 0.25) is 0 Å². The van der Waals surface area contributed by atoms with Crippen LogP contribution < -0.4 is 0 Å². The first kappa shape index (κ1) is 13.2. The van der Waals surface area contributed by atoms with E-state index >= 15 is 0 Å². The van der Waals surface area contributed by atoms with Gasteiger partial charge in [-0.1, -0.05) is 31.2 Å². The molecule has 1 rings (SSSR count). The third-order valence-electron chi connectivity index (χ3n) is 2.79. The van der Waals surface area contributed by atoms with Crippen LogP contribution in [0, 0.1) is 0 Å². The quantitative estimate of drug-likeness (QED) is 0.673. The molecular formula is C14H23FN+. The maximum atomic E-state index is 12.7. The van der Waals surface area contributed by atoms with E-state index in [2.05, 4.69) is 45.4 Å². The van der Waals surface area contributed by atoms with Gasteiger partial charge in [-0.25, -0.2) is 0 Å². The highest BCUT2D eigenvalue weighted by atomic mass is 19.1. The molecule has 0 amide bonds. The van der Waals surface area contributed by atoms with E-state index in [1.165, 1.54) is 5.56 Å². The Morgan fingerprint density at radius 2 is 1.69 bits per heavy atom. The van der Waals surface area contributed by atoms with Crippen molar-refractivity contribution in [2.24, 2.45) is 0 Å². The highest BCUT2D eigenvalue weighted by Crippen LogP contribution is 2.21. The molecule has 0 saturated heterocycles. The van der Waals surface area contributed by atoms with Crippen LogP contribution >= 0.6 is 0 Å². The van der Waals surface area contributed by atoms with E-state index in [4.69, 9.17) is 0 Å². The van der Waals surface area contributed by atoms with Crippen molar-refractivity contribution in [3.05, 3.63) is 35.4 Å². The molecule has 0 saturated carbocycles. The van der Waals surface area contributed by atoms with Crippen LogP contribution in [0.25, 0.3) is 0 Å². The molecule has 0 heterocycles. The Morgan fingerprint density at radius 1 is 1.12 bits per heavy atom. The molecule has 0 radical (unpaired) electrons. The molecule has 0 fully saturated rings. The van der Waals surface area contributed by atoms with Crippen LogP contribution in [-0.4, -0.2) is 32.3 Å². The van der Waals surface area contributed by atoms with Gasteiger partial charge in [0.15, 0.2) is 0 Å². The fraction of sp³-hybridized carbons (Fsp3) is 0.571. The Kier molecular flexibility index (Phi) is 4.48. The smallest absolute Gasteiger partial charge is 0.104 e. The van der Waals surface area contributed by atoms with Crippen LogP contribution in [0.15, 0.2) is 24.3 Å². The summed E-state index contributed by atoms with van der Waals surface area (Å²) in [6.45, 7) is 2.78. The van der Waals surface area contributed by atoms with Crippen LogP contribution in [0.4, 0.5) is 4.39 Å². The summed E-state index contributed by atoms with van der Waals surface area (Å²) < 4.78 is 13.6. The first-order chi connectivity index (χ1) is 7.46. The molecule has 2 heteroatoms. The van der Waals surface area contributed by atoms with Crippen molar-refractivity contribution in [3.8, 4) is 0 Å². The van der Waals surface area contributed by atoms with E-state index in [9.17, 15) is 4.39 Å². The third-order valence-corrected chi connectivity index (χ3v) is 2.79. The lowest BCUT2D eigenvalue weighted by Crippen LogP contribution is -2.33. The molecule has 0 aromatic heterocycles. The summed E-state index contributed by atoms with van der Waals surface area (Å²) in [5.41, 5.74) is 2.43. The van der Waals surface area contributed by atoms with Gasteiger partial charge in [0, 0.05) is 11.5 Å². The topological polar surface area (TPSA) is 0 Å². The Balaban J connectivity index is 2.75. The minimum absolute atomic E-state index is 0.0678. The fourth-order valence-corrected chi connectivity index (χ4v) is 1.88. The Labute approximate surface area is 98.5 Å². The summed E-state index contributed by atoms with van der Waals surface area (Å²) >= 11 is 0. The number of nitrogens with zero attached hydrogens (tertiary/aromatic N) is 1. The molecule has 1 aromatic rings. The Morgan fingerprint density at radius 3 is 2.06 bits per heavy atom. The average Bonchev–Trinajstić information content (AvgIpc) is 2.20. The first-order valence-electron chi connectivity index (χ1n) is 5.91. The molecular weight excluding hydrogens is 201 g/mol. The normalized spacial score (nSPS) is 13.8. The number of rotatable bonds is 5. The van der Waals surface area contributed by atoms with Gasteiger partial charge >= 0.3 is 0 Å². The predicted octanol–water partition coefficient (Wildman–Crippen LogP) is 3.36. The van der Waals surface area contributed by atoms with Gasteiger partial charge in [-0.15, -0.1) is 0 Å². The van der Waals surface area contributed by atoms with E-state index in [1.54, 1.807) is 0 Å². The van der Waals surface area contributed by atoms with Gasteiger partial charge in [0.1, 0.15) is 6.54 Å². The van der Waals surface area contributed by atoms with E-state index < -0.39 is 0 Å². The molecule has 1 unspecified atom stereocenters. The van der Waals surface area contributed by atoms with Crippen LogP contribution in [0.1, 0.15) is 30.4 Å². The van der Waals surface area contributed by atoms with E-state index in [0.29, 0.717) is 0 Å². The third kappa shape index (κ3) is 3.93. The lowest BCUT2D eigenvalue weighted by Gasteiger charge is -2.24. The fourth-order valence-electron chi connectivity index (χ4n) is 1.88. The van der Waals surface area contributed by atoms with Gasteiger partial charge in [-0.05, 0) is 12.0 Å². The minimum Gasteiger partial charge on any atom is -0.327 e. The molecule has 1 nitrogen and oxygen atoms in total. The van der Waals surface area contributed by atoms with Crippen molar-refractivity contribution in [2.45, 2.75) is 25.8 Å². The predicted molar refractivity (Wildman–Crippen MR) is 67.2 cm³/mol. The molecule has 0 aliphatic heterocycles. The SMILES string of the molecule is CCC(CF)c1ccc(C[N+](C)(C)C)cc1. The summed E-state index contributed by atoms with van der Waals surface area (Å²) in [6.07, 6.45) is 0.866. The number of benzene rings is 1. The standard InChI is InChI=1S/C14H23FN/c1-5-13(10-15)14-8-6-12(7-9-14)11-16(2,3)4/h6-9,13H,5,10-11H2,1-4H3/q+1. The average molecular weight is 224 g/mol. The lowest BCUT2D eigenvalue weighted by atomic mass is 9.97. The summed E-state index contributed by atoms with van der Waals surface area (Å²) in [7, 11) is 6.51. The second-order valence-electron chi connectivity index (χ2n) is 5.45. The van der Waals surface area contributed by atoms with E-state index in [1.807, 2.05) is 6.92 Å². The van der Waals surface area contributed by atoms with Crippen LogP contribution in [-0.2, 0) is 6.54 Å². The number of halogens is 1. The molecule has 1 aromatic carbocycles. The monoisotopic (exact) mass is 224 g/mol. The molecule has 0 aliphatic carbocycles.